The lowest BCUT2D eigenvalue weighted by Gasteiger charge is -2.44. The van der Waals surface area contributed by atoms with Gasteiger partial charge in [-0.05, 0) is 51.4 Å². The van der Waals surface area contributed by atoms with Crippen molar-refractivity contribution in [3.8, 4) is 0 Å². The van der Waals surface area contributed by atoms with Crippen LogP contribution in [0.4, 0.5) is 0 Å². The zero-order chi connectivity index (χ0) is 11.4. The molecule has 1 N–H and O–H groups in total. The molecule has 2 aliphatic carbocycles. The Morgan fingerprint density at radius 2 is 1.75 bits per heavy atom. The minimum atomic E-state index is -0.445. The molecule has 0 spiro atoms. The van der Waals surface area contributed by atoms with E-state index in [4.69, 9.17) is 4.74 Å². The van der Waals surface area contributed by atoms with Crippen molar-refractivity contribution in [2.45, 2.75) is 76.1 Å². The summed E-state index contributed by atoms with van der Waals surface area (Å²) in [6, 6.07) is 0. The van der Waals surface area contributed by atoms with Crippen molar-refractivity contribution >= 4 is 0 Å². The molecule has 3 aliphatic rings. The normalized spacial score (nSPS) is 56.8. The van der Waals surface area contributed by atoms with E-state index in [1.807, 2.05) is 6.92 Å². The van der Waals surface area contributed by atoms with Gasteiger partial charge >= 0.3 is 0 Å². The van der Waals surface area contributed by atoms with Crippen LogP contribution >= 0.6 is 0 Å². The average molecular weight is 224 g/mol. The van der Waals surface area contributed by atoms with E-state index in [1.54, 1.807) is 0 Å². The summed E-state index contributed by atoms with van der Waals surface area (Å²) in [4.78, 5) is 0. The lowest BCUT2D eigenvalue weighted by Crippen LogP contribution is -2.47. The molecule has 1 aliphatic heterocycles. The van der Waals surface area contributed by atoms with Gasteiger partial charge < -0.3 is 9.84 Å². The van der Waals surface area contributed by atoms with Gasteiger partial charge in [-0.15, -0.1) is 0 Å². The van der Waals surface area contributed by atoms with E-state index >= 15 is 0 Å². The molecule has 92 valence electrons. The molecule has 2 nitrogen and oxygen atoms in total. The lowest BCUT2D eigenvalue weighted by atomic mass is 9.63. The molecule has 0 amide bonds. The molecule has 5 atom stereocenters. The first kappa shape index (κ1) is 11.0. The fourth-order valence-corrected chi connectivity index (χ4v) is 4.33. The second-order valence-corrected chi connectivity index (χ2v) is 6.54. The van der Waals surface area contributed by atoms with Gasteiger partial charge in [0, 0.05) is 0 Å². The van der Waals surface area contributed by atoms with E-state index < -0.39 is 5.60 Å². The van der Waals surface area contributed by atoms with Gasteiger partial charge in [0.15, 0.2) is 0 Å². The van der Waals surface area contributed by atoms with Crippen LogP contribution in [-0.2, 0) is 4.74 Å². The molecule has 5 unspecified atom stereocenters. The van der Waals surface area contributed by atoms with Crippen LogP contribution in [0.15, 0.2) is 0 Å². The number of hydrogen-bond donors (Lipinski definition) is 1. The van der Waals surface area contributed by atoms with Crippen molar-refractivity contribution in [3.63, 3.8) is 0 Å². The maximum absolute atomic E-state index is 10.6. The summed E-state index contributed by atoms with van der Waals surface area (Å²) < 4.78 is 5.91. The third-order valence-corrected chi connectivity index (χ3v) is 5.43. The smallest absolute Gasteiger partial charge is 0.0952 e. The first-order chi connectivity index (χ1) is 7.54. The van der Waals surface area contributed by atoms with Crippen LogP contribution in [0.25, 0.3) is 0 Å². The van der Waals surface area contributed by atoms with Crippen molar-refractivity contribution in [3.05, 3.63) is 0 Å². The Morgan fingerprint density at radius 1 is 1.00 bits per heavy atom. The third kappa shape index (κ3) is 1.53. The maximum atomic E-state index is 10.6. The highest BCUT2D eigenvalue weighted by atomic mass is 16.6. The molecule has 2 saturated carbocycles. The van der Waals surface area contributed by atoms with Crippen LogP contribution in [-0.4, -0.2) is 22.4 Å². The van der Waals surface area contributed by atoms with Gasteiger partial charge in [-0.1, -0.05) is 19.3 Å². The number of rotatable bonds is 1. The Balaban J connectivity index is 1.80. The first-order valence-corrected chi connectivity index (χ1v) is 6.94. The minimum Gasteiger partial charge on any atom is -0.390 e. The molecule has 16 heavy (non-hydrogen) atoms. The Kier molecular flexibility index (Phi) is 2.38. The van der Waals surface area contributed by atoms with Gasteiger partial charge in [0.1, 0.15) is 0 Å². The quantitative estimate of drug-likeness (QED) is 0.695. The summed E-state index contributed by atoms with van der Waals surface area (Å²) in [7, 11) is 0. The topological polar surface area (TPSA) is 32.8 Å². The molecule has 0 radical (unpaired) electrons. The molecule has 0 bridgehead atoms. The van der Waals surface area contributed by atoms with Crippen LogP contribution in [0, 0.1) is 11.8 Å². The molecular weight excluding hydrogens is 200 g/mol. The average Bonchev–Trinajstić information content (AvgIpc) is 2.89. The lowest BCUT2D eigenvalue weighted by molar-refractivity contribution is -0.0731. The molecule has 3 fully saturated rings. The fraction of sp³-hybridized carbons (Fsp3) is 1.00. The van der Waals surface area contributed by atoms with Crippen molar-refractivity contribution < 1.29 is 9.84 Å². The number of ether oxygens (including phenoxy) is 1. The minimum absolute atomic E-state index is 0.115. The maximum Gasteiger partial charge on any atom is 0.0952 e. The summed E-state index contributed by atoms with van der Waals surface area (Å²) in [5, 5.41) is 10.6. The van der Waals surface area contributed by atoms with Gasteiger partial charge in [-0.2, -0.15) is 0 Å². The van der Waals surface area contributed by atoms with Crippen molar-refractivity contribution in [2.75, 3.05) is 0 Å². The van der Waals surface area contributed by atoms with Crippen molar-refractivity contribution in [1.29, 1.82) is 0 Å². The zero-order valence-corrected chi connectivity index (χ0v) is 10.5. The largest absolute Gasteiger partial charge is 0.390 e. The number of fused-ring (bicyclic) bond motifs is 1. The second-order valence-electron chi connectivity index (χ2n) is 6.54. The number of hydrogen-bond acceptors (Lipinski definition) is 2. The van der Waals surface area contributed by atoms with E-state index in [0.29, 0.717) is 17.9 Å². The highest BCUT2D eigenvalue weighted by Crippen LogP contribution is 2.57. The second kappa shape index (κ2) is 3.46. The standard InChI is InChI=1S/C14H24O2/c1-13(15)9-4-3-6-10(13)11-7-5-8-12-14(11,2)16-12/h10-12,15H,3-9H2,1-2H3. The van der Waals surface area contributed by atoms with Crippen LogP contribution in [0.1, 0.15) is 58.8 Å². The SMILES string of the molecule is CC1(O)CCCCC1C1CCCC2OC21C. The highest BCUT2D eigenvalue weighted by molar-refractivity contribution is 5.10. The van der Waals surface area contributed by atoms with Gasteiger partial charge in [0.2, 0.25) is 0 Å². The monoisotopic (exact) mass is 224 g/mol. The molecule has 2 heteroatoms. The molecule has 0 aromatic carbocycles. The van der Waals surface area contributed by atoms with Gasteiger partial charge in [-0.3, -0.25) is 0 Å². The van der Waals surface area contributed by atoms with E-state index in [9.17, 15) is 5.11 Å². The Bertz CT molecular complexity index is 278. The van der Waals surface area contributed by atoms with Crippen LogP contribution in [0.5, 0.6) is 0 Å². The summed E-state index contributed by atoms with van der Waals surface area (Å²) in [6.07, 6.45) is 8.95. The number of epoxide rings is 1. The summed E-state index contributed by atoms with van der Waals surface area (Å²) in [5.41, 5.74) is -0.329. The van der Waals surface area contributed by atoms with Crippen LogP contribution < -0.4 is 0 Å². The summed E-state index contributed by atoms with van der Waals surface area (Å²) >= 11 is 0. The molecule has 0 aromatic heterocycles. The van der Waals surface area contributed by atoms with E-state index in [0.717, 1.165) is 6.42 Å². The predicted molar refractivity (Wildman–Crippen MR) is 63.2 cm³/mol. The fourth-order valence-electron chi connectivity index (χ4n) is 4.33. The third-order valence-electron chi connectivity index (χ3n) is 5.43. The predicted octanol–water partition coefficient (Wildman–Crippen LogP) is 2.89. The Morgan fingerprint density at radius 3 is 2.50 bits per heavy atom. The summed E-state index contributed by atoms with van der Waals surface area (Å²) in [5.74, 6) is 1.07. The Labute approximate surface area is 98.4 Å². The summed E-state index contributed by atoms with van der Waals surface area (Å²) in [6.45, 7) is 4.32. The molecule has 3 rings (SSSR count). The van der Waals surface area contributed by atoms with E-state index in [1.165, 1.54) is 38.5 Å². The highest BCUT2D eigenvalue weighted by Gasteiger charge is 2.62. The van der Waals surface area contributed by atoms with Gasteiger partial charge in [0.25, 0.3) is 0 Å². The molecule has 1 saturated heterocycles. The van der Waals surface area contributed by atoms with Gasteiger partial charge in [0.05, 0.1) is 17.3 Å². The van der Waals surface area contributed by atoms with Gasteiger partial charge in [-0.25, -0.2) is 0 Å². The van der Waals surface area contributed by atoms with Crippen LogP contribution in [0.2, 0.25) is 0 Å². The van der Waals surface area contributed by atoms with E-state index in [-0.39, 0.29) is 5.60 Å². The zero-order valence-electron chi connectivity index (χ0n) is 10.5. The number of aliphatic hydroxyl groups is 1. The van der Waals surface area contributed by atoms with Crippen molar-refractivity contribution in [1.82, 2.24) is 0 Å². The molecule has 0 aromatic rings. The van der Waals surface area contributed by atoms with Crippen molar-refractivity contribution in [2.24, 2.45) is 11.8 Å². The van der Waals surface area contributed by atoms with Crippen LogP contribution in [0.3, 0.4) is 0 Å². The first-order valence-electron chi connectivity index (χ1n) is 6.94. The molecule has 1 heterocycles. The van der Waals surface area contributed by atoms with E-state index in [2.05, 4.69) is 6.92 Å². The molecular formula is C14H24O2. The Hall–Kier alpha value is -0.0800.